The lowest BCUT2D eigenvalue weighted by Gasteiger charge is -2.22. The summed E-state index contributed by atoms with van der Waals surface area (Å²) in [6.07, 6.45) is -0.366. The molecule has 0 saturated carbocycles. The van der Waals surface area contributed by atoms with Gasteiger partial charge in [0.05, 0.1) is 24.3 Å². The zero-order valence-corrected chi connectivity index (χ0v) is 18.5. The number of ketones is 1. The Bertz CT molecular complexity index is 1120. The Morgan fingerprint density at radius 1 is 0.968 bits per heavy atom. The number of carbonyl (C=O) groups excluding carboxylic acids is 3. The molecule has 3 aromatic rings. The Morgan fingerprint density at radius 3 is 2.16 bits per heavy atom. The maximum absolute atomic E-state index is 14.3. The van der Waals surface area contributed by atoms with Gasteiger partial charge in [-0.1, -0.05) is 46.3 Å². The smallest absolute Gasteiger partial charge is 0.334 e. The third-order valence-electron chi connectivity index (χ3n) is 4.62. The number of ether oxygens (including phenoxy) is 2. The average Bonchev–Trinajstić information content (AvgIpc) is 3.11. The van der Waals surface area contributed by atoms with Crippen molar-refractivity contribution >= 4 is 44.6 Å². The van der Waals surface area contributed by atoms with Gasteiger partial charge < -0.3 is 13.9 Å². The van der Waals surface area contributed by atoms with E-state index in [2.05, 4.69) is 15.9 Å². The number of carbonyl (C=O) groups is 3. The van der Waals surface area contributed by atoms with E-state index in [4.69, 9.17) is 13.9 Å². The van der Waals surface area contributed by atoms with Crippen LogP contribution in [0, 0.1) is 5.82 Å². The molecule has 0 aliphatic carbocycles. The maximum atomic E-state index is 14.3. The molecule has 31 heavy (non-hydrogen) atoms. The summed E-state index contributed by atoms with van der Waals surface area (Å²) < 4.78 is 28.4. The molecule has 0 saturated heterocycles. The van der Waals surface area contributed by atoms with Gasteiger partial charge in [0.15, 0.2) is 5.78 Å². The first kappa shape index (κ1) is 22.7. The van der Waals surface area contributed by atoms with E-state index in [0.29, 0.717) is 11.0 Å². The highest BCUT2D eigenvalue weighted by Crippen LogP contribution is 2.35. The first-order valence-corrected chi connectivity index (χ1v) is 10.5. The van der Waals surface area contributed by atoms with Gasteiger partial charge in [0.1, 0.15) is 17.2 Å². The minimum absolute atomic E-state index is 0.0345. The Balaban J connectivity index is 2.16. The van der Waals surface area contributed by atoms with E-state index in [1.807, 2.05) is 0 Å². The second-order valence-electron chi connectivity index (χ2n) is 6.62. The van der Waals surface area contributed by atoms with Crippen molar-refractivity contribution in [3.63, 3.8) is 0 Å². The molecule has 1 aromatic heterocycles. The Morgan fingerprint density at radius 2 is 1.55 bits per heavy atom. The number of alkyl halides is 1. The van der Waals surface area contributed by atoms with Crippen LogP contribution in [-0.2, 0) is 25.5 Å². The molecule has 0 aliphatic rings. The van der Waals surface area contributed by atoms with Gasteiger partial charge in [0, 0.05) is 11.8 Å². The van der Waals surface area contributed by atoms with Crippen LogP contribution in [0.1, 0.15) is 35.5 Å². The molecule has 0 aliphatic heterocycles. The SMILES string of the molecule is CCOC(=O)C(Br)(Cc1oc2ccccc2c1C(=O)c1ccccc1F)C(=O)OCC. The van der Waals surface area contributed by atoms with E-state index < -0.39 is 27.9 Å². The highest BCUT2D eigenvalue weighted by atomic mass is 79.9. The van der Waals surface area contributed by atoms with E-state index in [1.165, 1.54) is 18.2 Å². The molecule has 162 valence electrons. The van der Waals surface area contributed by atoms with Crippen LogP contribution in [0.25, 0.3) is 11.0 Å². The summed E-state index contributed by atoms with van der Waals surface area (Å²) in [7, 11) is 0. The van der Waals surface area contributed by atoms with Crippen molar-refractivity contribution in [3.05, 3.63) is 71.2 Å². The molecular formula is C23H20BrFO6. The molecule has 1 heterocycles. The summed E-state index contributed by atoms with van der Waals surface area (Å²) in [5.74, 6) is -3.03. The van der Waals surface area contributed by atoms with Gasteiger partial charge in [0.25, 0.3) is 0 Å². The summed E-state index contributed by atoms with van der Waals surface area (Å²) in [5, 5.41) is 0.438. The lowest BCUT2D eigenvalue weighted by Crippen LogP contribution is -2.45. The molecule has 0 N–H and O–H groups in total. The standard InChI is InChI=1S/C23H20BrFO6/c1-3-29-21(27)23(24,22(28)30-4-2)13-18-19(15-10-6-8-12-17(15)31-18)20(26)14-9-5-7-11-16(14)25/h5-12H,3-4,13H2,1-2H3. The summed E-state index contributed by atoms with van der Waals surface area (Å²) in [4.78, 5) is 38.6. The highest BCUT2D eigenvalue weighted by Gasteiger charge is 2.48. The second-order valence-corrected chi connectivity index (χ2v) is 7.98. The lowest BCUT2D eigenvalue weighted by molar-refractivity contribution is -0.158. The van der Waals surface area contributed by atoms with E-state index in [0.717, 1.165) is 0 Å². The van der Waals surface area contributed by atoms with Crippen LogP contribution >= 0.6 is 15.9 Å². The number of furan rings is 1. The Kier molecular flexibility index (Phi) is 6.90. The number of esters is 2. The predicted molar refractivity (Wildman–Crippen MR) is 115 cm³/mol. The van der Waals surface area contributed by atoms with Gasteiger partial charge in [0.2, 0.25) is 4.32 Å². The summed E-state index contributed by atoms with van der Waals surface area (Å²) >= 11 is 3.17. The summed E-state index contributed by atoms with van der Waals surface area (Å²) in [6.45, 7) is 3.27. The molecule has 8 heteroatoms. The first-order valence-electron chi connectivity index (χ1n) is 9.66. The van der Waals surface area contributed by atoms with Crippen LogP contribution in [0.5, 0.6) is 0 Å². The first-order chi connectivity index (χ1) is 14.8. The number of hydrogen-bond donors (Lipinski definition) is 0. The zero-order chi connectivity index (χ0) is 22.6. The molecule has 0 unspecified atom stereocenters. The fourth-order valence-corrected chi connectivity index (χ4v) is 3.67. The van der Waals surface area contributed by atoms with Crippen molar-refractivity contribution in [1.82, 2.24) is 0 Å². The van der Waals surface area contributed by atoms with Crippen LogP contribution in [0.3, 0.4) is 0 Å². The number of benzene rings is 2. The van der Waals surface area contributed by atoms with E-state index in [-0.39, 0.29) is 36.5 Å². The number of rotatable bonds is 8. The van der Waals surface area contributed by atoms with Crippen molar-refractivity contribution < 1.29 is 32.7 Å². The number of hydrogen-bond acceptors (Lipinski definition) is 6. The van der Waals surface area contributed by atoms with E-state index >= 15 is 0 Å². The third-order valence-corrected chi connectivity index (χ3v) is 5.54. The number of fused-ring (bicyclic) bond motifs is 1. The van der Waals surface area contributed by atoms with Crippen LogP contribution in [0.15, 0.2) is 52.9 Å². The maximum Gasteiger partial charge on any atom is 0.334 e. The molecule has 0 atom stereocenters. The topological polar surface area (TPSA) is 82.8 Å². The van der Waals surface area contributed by atoms with Crippen LogP contribution in [-0.4, -0.2) is 35.3 Å². The third kappa shape index (κ3) is 4.39. The van der Waals surface area contributed by atoms with Crippen molar-refractivity contribution in [2.75, 3.05) is 13.2 Å². The fourth-order valence-electron chi connectivity index (χ4n) is 3.19. The monoisotopic (exact) mass is 490 g/mol. The molecule has 0 bridgehead atoms. The van der Waals surface area contributed by atoms with Crippen molar-refractivity contribution in [2.45, 2.75) is 24.6 Å². The molecule has 2 aromatic carbocycles. The lowest BCUT2D eigenvalue weighted by atomic mass is 9.95. The fraction of sp³-hybridized carbons (Fsp3) is 0.261. The van der Waals surface area contributed by atoms with Gasteiger partial charge in [-0.2, -0.15) is 0 Å². The number of para-hydroxylation sites is 1. The molecule has 0 radical (unpaired) electrons. The van der Waals surface area contributed by atoms with Gasteiger partial charge in [-0.3, -0.25) is 4.79 Å². The van der Waals surface area contributed by atoms with E-state index in [9.17, 15) is 18.8 Å². The van der Waals surface area contributed by atoms with Crippen molar-refractivity contribution in [1.29, 1.82) is 0 Å². The molecule has 0 fully saturated rings. The van der Waals surface area contributed by atoms with E-state index in [1.54, 1.807) is 44.2 Å². The minimum Gasteiger partial charge on any atom is -0.464 e. The second kappa shape index (κ2) is 9.43. The normalized spacial score (nSPS) is 11.4. The van der Waals surface area contributed by atoms with Gasteiger partial charge in [-0.25, -0.2) is 14.0 Å². The molecule has 6 nitrogen and oxygen atoms in total. The van der Waals surface area contributed by atoms with Crippen molar-refractivity contribution in [2.24, 2.45) is 0 Å². The van der Waals surface area contributed by atoms with Crippen LogP contribution in [0.2, 0.25) is 0 Å². The Hall–Kier alpha value is -3.00. The summed E-state index contributed by atoms with van der Waals surface area (Å²) in [5.41, 5.74) is 0.278. The quantitative estimate of drug-likeness (QED) is 0.198. The summed E-state index contributed by atoms with van der Waals surface area (Å²) in [6, 6.07) is 12.3. The zero-order valence-electron chi connectivity index (χ0n) is 16.9. The minimum atomic E-state index is -1.93. The van der Waals surface area contributed by atoms with Gasteiger partial charge in [-0.15, -0.1) is 0 Å². The van der Waals surface area contributed by atoms with Crippen molar-refractivity contribution in [3.8, 4) is 0 Å². The highest BCUT2D eigenvalue weighted by molar-refractivity contribution is 9.10. The average molecular weight is 491 g/mol. The molecule has 3 rings (SSSR count). The largest absolute Gasteiger partial charge is 0.464 e. The van der Waals surface area contributed by atoms with Crippen LogP contribution in [0.4, 0.5) is 4.39 Å². The molecule has 0 amide bonds. The Labute approximate surface area is 186 Å². The van der Waals surface area contributed by atoms with Gasteiger partial charge >= 0.3 is 11.9 Å². The molecule has 0 spiro atoms. The van der Waals surface area contributed by atoms with Gasteiger partial charge in [-0.05, 0) is 32.0 Å². The number of halogens is 2. The molecular weight excluding hydrogens is 471 g/mol. The van der Waals surface area contributed by atoms with Crippen LogP contribution < -0.4 is 0 Å². The predicted octanol–water partition coefficient (Wildman–Crippen LogP) is 4.61.